The van der Waals surface area contributed by atoms with Gasteiger partial charge in [-0.25, -0.2) is 9.48 Å². The molecule has 0 fully saturated rings. The third-order valence-corrected chi connectivity index (χ3v) is 7.17. The first-order valence-electron chi connectivity index (χ1n) is 12.3. The van der Waals surface area contributed by atoms with Crippen molar-refractivity contribution >= 4 is 29.0 Å². The van der Waals surface area contributed by atoms with Crippen LogP contribution < -0.4 is 10.6 Å². The van der Waals surface area contributed by atoms with Crippen LogP contribution in [-0.2, 0) is 14.3 Å². The molecular weight excluding hydrogens is 490 g/mol. The van der Waals surface area contributed by atoms with Gasteiger partial charge in [-0.2, -0.15) is 5.10 Å². The standard InChI is InChI=1S/C28H28ClN5O3/c1-4-37-28(36)25-24(22-17(3)32-34(26(22)29)18-12-10-16(2)11-13-18)23-20(8-5-9-21(23)35)33(27(25)30)19-7-6-14-31-15-19/h6-7,10-15,24H,4-5,8-9,30H2,1-3H3. The van der Waals surface area contributed by atoms with E-state index in [0.29, 0.717) is 46.9 Å². The number of carbonyl (C=O) groups is 2. The summed E-state index contributed by atoms with van der Waals surface area (Å²) in [6.45, 7) is 5.72. The van der Waals surface area contributed by atoms with Gasteiger partial charge in [0.05, 0.1) is 41.4 Å². The number of carbonyl (C=O) groups excluding carboxylic acids is 2. The van der Waals surface area contributed by atoms with Gasteiger partial charge in [-0.3, -0.25) is 14.7 Å². The lowest BCUT2D eigenvalue weighted by Crippen LogP contribution is -2.41. The van der Waals surface area contributed by atoms with Crippen LogP contribution in [0.4, 0.5) is 5.69 Å². The van der Waals surface area contributed by atoms with E-state index in [0.717, 1.165) is 16.9 Å². The molecule has 9 heteroatoms. The van der Waals surface area contributed by atoms with E-state index in [1.54, 1.807) is 35.0 Å². The smallest absolute Gasteiger partial charge is 0.338 e. The van der Waals surface area contributed by atoms with Crippen molar-refractivity contribution in [1.82, 2.24) is 14.8 Å². The van der Waals surface area contributed by atoms with Crippen LogP contribution >= 0.6 is 11.6 Å². The van der Waals surface area contributed by atoms with Crippen molar-refractivity contribution in [3.63, 3.8) is 0 Å². The third-order valence-electron chi connectivity index (χ3n) is 6.81. The molecule has 2 N–H and O–H groups in total. The highest BCUT2D eigenvalue weighted by Crippen LogP contribution is 2.49. The Kier molecular flexibility index (Phi) is 6.60. The number of ketones is 1. The molecule has 1 unspecified atom stereocenters. The summed E-state index contributed by atoms with van der Waals surface area (Å²) >= 11 is 6.99. The van der Waals surface area contributed by atoms with Gasteiger partial charge in [-0.05, 0) is 57.9 Å². The molecule has 0 amide bonds. The van der Waals surface area contributed by atoms with E-state index < -0.39 is 11.9 Å². The Morgan fingerprint density at radius 2 is 1.92 bits per heavy atom. The van der Waals surface area contributed by atoms with Gasteiger partial charge in [-0.1, -0.05) is 29.3 Å². The lowest BCUT2D eigenvalue weighted by molar-refractivity contribution is -0.138. The number of anilines is 1. The van der Waals surface area contributed by atoms with Crippen LogP contribution in [0, 0.1) is 13.8 Å². The number of Topliss-reactive ketones (excluding diaryl/α,β-unsaturated/α-hetero) is 1. The molecule has 0 radical (unpaired) electrons. The summed E-state index contributed by atoms with van der Waals surface area (Å²) in [7, 11) is 0. The van der Waals surface area contributed by atoms with Crippen molar-refractivity contribution in [3.8, 4) is 5.69 Å². The Morgan fingerprint density at radius 3 is 2.59 bits per heavy atom. The van der Waals surface area contributed by atoms with Gasteiger partial charge in [0.15, 0.2) is 5.78 Å². The second kappa shape index (κ2) is 9.86. The predicted molar refractivity (Wildman–Crippen MR) is 141 cm³/mol. The lowest BCUT2D eigenvalue weighted by Gasteiger charge is -2.40. The number of pyridine rings is 1. The zero-order valence-electron chi connectivity index (χ0n) is 21.0. The minimum absolute atomic E-state index is 0.0482. The molecule has 1 atom stereocenters. The second-order valence-electron chi connectivity index (χ2n) is 9.17. The molecule has 2 aliphatic rings. The first kappa shape index (κ1) is 24.8. The first-order valence-corrected chi connectivity index (χ1v) is 12.7. The molecule has 0 saturated heterocycles. The van der Waals surface area contributed by atoms with Crippen LogP contribution in [0.25, 0.3) is 5.69 Å². The first-order chi connectivity index (χ1) is 17.8. The Morgan fingerprint density at radius 1 is 1.16 bits per heavy atom. The lowest BCUT2D eigenvalue weighted by atomic mass is 9.75. The molecule has 190 valence electrons. The Labute approximate surface area is 220 Å². The van der Waals surface area contributed by atoms with Crippen molar-refractivity contribution in [2.24, 2.45) is 5.73 Å². The number of aryl methyl sites for hydroxylation is 2. The number of benzene rings is 1. The Hall–Kier alpha value is -3.91. The molecule has 5 rings (SSSR count). The van der Waals surface area contributed by atoms with Crippen molar-refractivity contribution in [2.75, 3.05) is 11.5 Å². The predicted octanol–water partition coefficient (Wildman–Crippen LogP) is 4.88. The van der Waals surface area contributed by atoms with Gasteiger partial charge in [-0.15, -0.1) is 0 Å². The van der Waals surface area contributed by atoms with E-state index in [1.165, 1.54) is 0 Å². The number of halogens is 1. The van der Waals surface area contributed by atoms with E-state index in [4.69, 9.17) is 27.2 Å². The molecule has 0 spiro atoms. The van der Waals surface area contributed by atoms with E-state index in [9.17, 15) is 9.59 Å². The monoisotopic (exact) mass is 517 g/mol. The molecule has 0 saturated carbocycles. The van der Waals surface area contributed by atoms with Crippen molar-refractivity contribution in [1.29, 1.82) is 0 Å². The average molecular weight is 518 g/mol. The fourth-order valence-electron chi connectivity index (χ4n) is 5.16. The van der Waals surface area contributed by atoms with Crippen LogP contribution in [0.15, 0.2) is 71.5 Å². The number of ether oxygens (including phenoxy) is 1. The molecule has 1 aliphatic carbocycles. The van der Waals surface area contributed by atoms with Crippen LogP contribution in [0.1, 0.15) is 48.9 Å². The summed E-state index contributed by atoms with van der Waals surface area (Å²) in [4.78, 5) is 33.0. The molecule has 3 aromatic rings. The summed E-state index contributed by atoms with van der Waals surface area (Å²) in [6, 6.07) is 11.4. The van der Waals surface area contributed by atoms with Gasteiger partial charge < -0.3 is 10.5 Å². The number of rotatable bonds is 5. The zero-order valence-corrected chi connectivity index (χ0v) is 21.7. The third kappa shape index (κ3) is 4.21. The number of hydrogen-bond acceptors (Lipinski definition) is 7. The van der Waals surface area contributed by atoms with Gasteiger partial charge in [0.25, 0.3) is 0 Å². The number of hydrogen-bond donors (Lipinski definition) is 1. The SMILES string of the molecule is CCOC(=O)C1=C(N)N(c2cccnc2)C2=C(C(=O)CCC2)C1c1c(C)nn(-c2ccc(C)cc2)c1Cl. The number of allylic oxidation sites excluding steroid dienone is 2. The maximum atomic E-state index is 13.6. The van der Waals surface area contributed by atoms with E-state index >= 15 is 0 Å². The minimum atomic E-state index is -0.804. The maximum Gasteiger partial charge on any atom is 0.338 e. The number of nitrogens with two attached hydrogens (primary N) is 1. The summed E-state index contributed by atoms with van der Waals surface area (Å²) in [6.07, 6.45) is 4.99. The van der Waals surface area contributed by atoms with E-state index in [2.05, 4.69) is 4.98 Å². The highest BCUT2D eigenvalue weighted by molar-refractivity contribution is 6.31. The van der Waals surface area contributed by atoms with Crippen LogP contribution in [0.3, 0.4) is 0 Å². The largest absolute Gasteiger partial charge is 0.463 e. The molecule has 8 nitrogen and oxygen atoms in total. The molecule has 3 heterocycles. The van der Waals surface area contributed by atoms with Crippen LogP contribution in [0.5, 0.6) is 0 Å². The quantitative estimate of drug-likeness (QED) is 0.481. The fraction of sp³-hybridized carbons (Fsp3) is 0.286. The summed E-state index contributed by atoms with van der Waals surface area (Å²) in [5.41, 5.74) is 11.9. The average Bonchev–Trinajstić information content (AvgIpc) is 3.18. The second-order valence-corrected chi connectivity index (χ2v) is 9.53. The van der Waals surface area contributed by atoms with Crippen molar-refractivity contribution < 1.29 is 14.3 Å². The fourth-order valence-corrected chi connectivity index (χ4v) is 5.54. The minimum Gasteiger partial charge on any atom is -0.463 e. The molecule has 37 heavy (non-hydrogen) atoms. The zero-order chi connectivity index (χ0) is 26.3. The van der Waals surface area contributed by atoms with Crippen LogP contribution in [-0.4, -0.2) is 33.1 Å². The van der Waals surface area contributed by atoms with Gasteiger partial charge in [0, 0.05) is 29.5 Å². The van der Waals surface area contributed by atoms with Crippen molar-refractivity contribution in [2.45, 2.75) is 46.0 Å². The molecular formula is C28H28ClN5O3. The van der Waals surface area contributed by atoms with Gasteiger partial charge >= 0.3 is 5.97 Å². The maximum absolute atomic E-state index is 13.6. The van der Waals surface area contributed by atoms with Gasteiger partial charge in [0.1, 0.15) is 11.0 Å². The molecule has 1 aliphatic heterocycles. The topological polar surface area (TPSA) is 103 Å². The number of nitrogens with zero attached hydrogens (tertiary/aromatic N) is 4. The molecule has 1 aromatic carbocycles. The summed E-state index contributed by atoms with van der Waals surface area (Å²) in [5, 5.41) is 5.02. The highest BCUT2D eigenvalue weighted by atomic mass is 35.5. The van der Waals surface area contributed by atoms with E-state index in [-0.39, 0.29) is 23.8 Å². The number of esters is 1. The molecule has 0 bridgehead atoms. The van der Waals surface area contributed by atoms with Gasteiger partial charge in [0.2, 0.25) is 0 Å². The Balaban J connectivity index is 1.78. The number of aromatic nitrogens is 3. The highest BCUT2D eigenvalue weighted by Gasteiger charge is 2.45. The van der Waals surface area contributed by atoms with Crippen LogP contribution in [0.2, 0.25) is 5.15 Å². The summed E-state index contributed by atoms with van der Waals surface area (Å²) < 4.78 is 7.09. The molecule has 2 aromatic heterocycles. The Bertz CT molecular complexity index is 1440. The normalized spacial score (nSPS) is 17.8. The van der Waals surface area contributed by atoms with E-state index in [1.807, 2.05) is 44.2 Å². The van der Waals surface area contributed by atoms with Crippen molar-refractivity contribution in [3.05, 3.63) is 93.4 Å². The summed E-state index contributed by atoms with van der Waals surface area (Å²) in [5.74, 6) is -1.25.